The van der Waals surface area contributed by atoms with Crippen LogP contribution in [0.15, 0.2) is 78.9 Å². The molecular formula is C36H34ClF4N3O7. The topological polar surface area (TPSA) is 139 Å². The molecule has 2 amide bonds. The molecule has 4 N–H and O–H groups in total. The number of aliphatic hydroxyl groups excluding tert-OH is 1. The summed E-state index contributed by atoms with van der Waals surface area (Å²) in [6, 6.07) is 18.1. The number of hydrogen-bond acceptors (Lipinski definition) is 8. The Labute approximate surface area is 295 Å². The van der Waals surface area contributed by atoms with E-state index in [4.69, 9.17) is 25.8 Å². The normalized spacial score (nSPS) is 15.2. The summed E-state index contributed by atoms with van der Waals surface area (Å²) < 4.78 is 75.0. The largest absolute Gasteiger partial charge is 0.493 e. The second kappa shape index (κ2) is 15.1. The van der Waals surface area contributed by atoms with E-state index in [1.807, 2.05) is 0 Å². The first-order valence-electron chi connectivity index (χ1n) is 15.7. The van der Waals surface area contributed by atoms with Crippen molar-refractivity contribution in [2.75, 3.05) is 20.3 Å². The lowest BCUT2D eigenvalue weighted by molar-refractivity contribution is -0.265. The summed E-state index contributed by atoms with van der Waals surface area (Å²) in [7, 11) is 1.35. The summed E-state index contributed by atoms with van der Waals surface area (Å²) >= 11 is 5.97. The van der Waals surface area contributed by atoms with Gasteiger partial charge in [-0.3, -0.25) is 4.79 Å². The van der Waals surface area contributed by atoms with Crippen LogP contribution in [0.4, 0.5) is 22.4 Å². The number of carbonyl (C=O) groups excluding carboxylic acids is 2. The molecule has 51 heavy (non-hydrogen) atoms. The molecule has 1 fully saturated rings. The van der Waals surface area contributed by atoms with Crippen LogP contribution in [-0.2, 0) is 22.5 Å². The molecule has 5 rings (SSSR count). The molecule has 0 aliphatic heterocycles. The van der Waals surface area contributed by atoms with E-state index >= 15 is 0 Å². The Morgan fingerprint density at radius 3 is 2.35 bits per heavy atom. The molecule has 4 aromatic rings. The maximum Gasteiger partial charge on any atom is 0.424 e. The van der Waals surface area contributed by atoms with Gasteiger partial charge in [0.05, 0.1) is 48.3 Å². The average molecular weight is 732 g/mol. The van der Waals surface area contributed by atoms with Crippen LogP contribution < -0.4 is 20.1 Å². The molecule has 0 radical (unpaired) electrons. The molecular weight excluding hydrogens is 698 g/mol. The Balaban J connectivity index is 1.50. The highest BCUT2D eigenvalue weighted by Gasteiger charge is 2.57. The summed E-state index contributed by atoms with van der Waals surface area (Å²) in [5.74, 6) is -1.23. The Hall–Kier alpha value is -4.92. The van der Waals surface area contributed by atoms with Crippen molar-refractivity contribution in [1.82, 2.24) is 15.6 Å². The van der Waals surface area contributed by atoms with E-state index in [9.17, 15) is 37.4 Å². The number of amides is 2. The fourth-order valence-corrected chi connectivity index (χ4v) is 5.15. The number of carbonyl (C=O) groups is 2. The standard InChI is InChI=1S/C36H34ClF4N3O7/c1-34(20-45,44-33(47)50-18-21-6-4-3-5-7-21)24-16-28(22-8-12-27(38)26(37)14-22)43-31(17-24)35(48,36(39,40)41)19-42-32(46)23-9-13-29(30(15-23)49-2)51-25-10-11-25/h3-9,12-17,25,45,48H,10-11,18-20H2,1-2H3,(H,42,46)(H,44,47). The van der Waals surface area contributed by atoms with Crippen molar-refractivity contribution in [2.24, 2.45) is 0 Å². The van der Waals surface area contributed by atoms with Gasteiger partial charge in [0.15, 0.2) is 11.5 Å². The minimum Gasteiger partial charge on any atom is -0.493 e. The first kappa shape index (κ1) is 37.3. The first-order valence-corrected chi connectivity index (χ1v) is 16.0. The predicted octanol–water partition coefficient (Wildman–Crippen LogP) is 6.40. The maximum absolute atomic E-state index is 14.9. The molecule has 10 nitrogen and oxygen atoms in total. The smallest absolute Gasteiger partial charge is 0.424 e. The maximum atomic E-state index is 14.9. The molecule has 2 atom stereocenters. The third kappa shape index (κ3) is 8.70. The third-order valence-corrected chi connectivity index (χ3v) is 8.52. The molecule has 0 bridgehead atoms. The number of alkyl carbamates (subject to hydrolysis) is 1. The lowest BCUT2D eigenvalue weighted by Gasteiger charge is -2.33. The number of rotatable bonds is 13. The number of aromatic nitrogens is 1. The SMILES string of the molecule is COc1cc(C(=O)NCC(O)(c2cc(C(C)(CO)NC(=O)OCc3ccccc3)cc(-c3ccc(F)c(Cl)c3)n2)C(F)(F)F)ccc1OC1CC1. The van der Waals surface area contributed by atoms with E-state index in [0.717, 1.165) is 31.0 Å². The van der Waals surface area contributed by atoms with E-state index in [0.29, 0.717) is 11.3 Å². The third-order valence-electron chi connectivity index (χ3n) is 8.23. The molecule has 1 aliphatic rings. The van der Waals surface area contributed by atoms with Gasteiger partial charge in [-0.05, 0) is 79.4 Å². The lowest BCUT2D eigenvalue weighted by atomic mass is 9.88. The Morgan fingerprint density at radius 1 is 1.00 bits per heavy atom. The summed E-state index contributed by atoms with van der Waals surface area (Å²) in [5, 5.41) is 26.1. The lowest BCUT2D eigenvalue weighted by Crippen LogP contribution is -2.52. The molecule has 0 spiro atoms. The monoisotopic (exact) mass is 731 g/mol. The van der Waals surface area contributed by atoms with E-state index < -0.39 is 54.0 Å². The van der Waals surface area contributed by atoms with Gasteiger partial charge in [-0.2, -0.15) is 13.2 Å². The predicted molar refractivity (Wildman–Crippen MR) is 178 cm³/mol. The van der Waals surface area contributed by atoms with Crippen molar-refractivity contribution in [3.8, 4) is 22.8 Å². The van der Waals surface area contributed by atoms with Crippen molar-refractivity contribution < 1.29 is 51.6 Å². The van der Waals surface area contributed by atoms with E-state index in [2.05, 4.69) is 15.6 Å². The van der Waals surface area contributed by atoms with Crippen LogP contribution in [-0.4, -0.2) is 59.7 Å². The van der Waals surface area contributed by atoms with E-state index in [1.54, 1.807) is 30.3 Å². The first-order chi connectivity index (χ1) is 24.2. The van der Waals surface area contributed by atoms with Gasteiger partial charge in [0, 0.05) is 11.1 Å². The average Bonchev–Trinajstić information content (AvgIpc) is 3.94. The zero-order chi connectivity index (χ0) is 37.0. The van der Waals surface area contributed by atoms with Gasteiger partial charge in [0.25, 0.3) is 5.91 Å². The van der Waals surface area contributed by atoms with Crippen molar-refractivity contribution in [2.45, 2.75) is 49.8 Å². The molecule has 1 heterocycles. The highest BCUT2D eigenvalue weighted by atomic mass is 35.5. The molecule has 270 valence electrons. The number of nitrogens with one attached hydrogen (secondary N) is 2. The van der Waals surface area contributed by atoms with Gasteiger partial charge in [0.2, 0.25) is 5.60 Å². The van der Waals surface area contributed by atoms with Crippen molar-refractivity contribution in [1.29, 1.82) is 0 Å². The van der Waals surface area contributed by atoms with Gasteiger partial charge in [-0.15, -0.1) is 0 Å². The molecule has 2 unspecified atom stereocenters. The van der Waals surface area contributed by atoms with Crippen molar-refractivity contribution >= 4 is 23.6 Å². The van der Waals surface area contributed by atoms with Gasteiger partial charge >= 0.3 is 12.3 Å². The minimum absolute atomic E-state index is 0.0160. The fourth-order valence-electron chi connectivity index (χ4n) is 4.97. The number of methoxy groups -OCH3 is 1. The summed E-state index contributed by atoms with van der Waals surface area (Å²) in [6.45, 7) is -1.08. The number of pyridine rings is 1. The van der Waals surface area contributed by atoms with Crippen LogP contribution >= 0.6 is 11.6 Å². The highest BCUT2D eigenvalue weighted by molar-refractivity contribution is 6.31. The van der Waals surface area contributed by atoms with Crippen LogP contribution in [0.5, 0.6) is 11.5 Å². The summed E-state index contributed by atoms with van der Waals surface area (Å²) in [4.78, 5) is 30.1. The fraction of sp³-hybridized carbons (Fsp3) is 0.306. The molecule has 1 saturated carbocycles. The molecule has 1 aromatic heterocycles. The number of nitrogens with zero attached hydrogens (tertiary/aromatic N) is 1. The molecule has 15 heteroatoms. The Bertz CT molecular complexity index is 1890. The van der Waals surface area contributed by atoms with Crippen LogP contribution in [0.1, 0.15) is 46.9 Å². The van der Waals surface area contributed by atoms with Crippen molar-refractivity contribution in [3.63, 3.8) is 0 Å². The Morgan fingerprint density at radius 2 is 1.73 bits per heavy atom. The van der Waals surface area contributed by atoms with Gasteiger partial charge in [-0.25, -0.2) is 14.2 Å². The molecule has 0 saturated heterocycles. The number of alkyl halides is 3. The highest BCUT2D eigenvalue weighted by Crippen LogP contribution is 2.41. The zero-order valence-corrected chi connectivity index (χ0v) is 28.1. The number of halogens is 5. The number of ether oxygens (including phenoxy) is 3. The number of benzene rings is 3. The van der Waals surface area contributed by atoms with E-state index in [1.165, 1.54) is 44.4 Å². The molecule has 1 aliphatic carbocycles. The second-order valence-corrected chi connectivity index (χ2v) is 12.6. The van der Waals surface area contributed by atoms with Crippen LogP contribution in [0, 0.1) is 5.82 Å². The van der Waals surface area contributed by atoms with Gasteiger partial charge in [0.1, 0.15) is 12.4 Å². The van der Waals surface area contributed by atoms with Gasteiger partial charge < -0.3 is 35.1 Å². The molecule has 3 aromatic carbocycles. The van der Waals surface area contributed by atoms with Crippen molar-refractivity contribution in [3.05, 3.63) is 112 Å². The second-order valence-electron chi connectivity index (χ2n) is 12.2. The minimum atomic E-state index is -5.43. The quantitative estimate of drug-likeness (QED) is 0.116. The zero-order valence-electron chi connectivity index (χ0n) is 27.4. The van der Waals surface area contributed by atoms with Crippen LogP contribution in [0.3, 0.4) is 0 Å². The van der Waals surface area contributed by atoms with Gasteiger partial charge in [-0.1, -0.05) is 41.9 Å². The van der Waals surface area contributed by atoms with E-state index in [-0.39, 0.29) is 45.9 Å². The van der Waals surface area contributed by atoms with Crippen LogP contribution in [0.2, 0.25) is 5.02 Å². The summed E-state index contributed by atoms with van der Waals surface area (Å²) in [5.41, 5.74) is -6.38. The van der Waals surface area contributed by atoms with Crippen LogP contribution in [0.25, 0.3) is 11.3 Å². The number of aliphatic hydroxyl groups is 2. The Kier molecular flexibility index (Phi) is 11.1. The summed E-state index contributed by atoms with van der Waals surface area (Å²) in [6.07, 6.45) is -4.71. The number of hydrogen-bond donors (Lipinski definition) is 4.